The Morgan fingerprint density at radius 1 is 0.800 bits per heavy atom. The summed E-state index contributed by atoms with van der Waals surface area (Å²) in [6, 6.07) is -0.517. The molecule has 150 valence electrons. The van der Waals surface area contributed by atoms with Gasteiger partial charge in [0.25, 0.3) is 0 Å². The summed E-state index contributed by atoms with van der Waals surface area (Å²) in [5.41, 5.74) is 5.84. The first-order chi connectivity index (χ1) is 12.0. The first kappa shape index (κ1) is 24.6. The van der Waals surface area contributed by atoms with Gasteiger partial charge in [-0.25, -0.2) is 0 Å². The molecule has 0 saturated heterocycles. The van der Waals surface area contributed by atoms with Crippen LogP contribution in [0.25, 0.3) is 0 Å². The van der Waals surface area contributed by atoms with Gasteiger partial charge in [0.1, 0.15) is 5.78 Å². The van der Waals surface area contributed by atoms with Crippen molar-refractivity contribution >= 4 is 5.78 Å². The summed E-state index contributed by atoms with van der Waals surface area (Å²) in [5.74, 6) is 0.0677. The summed E-state index contributed by atoms with van der Waals surface area (Å²) in [7, 11) is 0. The van der Waals surface area contributed by atoms with Crippen LogP contribution in [0.4, 0.5) is 0 Å². The number of hydrogen-bond acceptors (Lipinski definition) is 4. The van der Waals surface area contributed by atoms with Gasteiger partial charge in [-0.05, 0) is 19.8 Å². The van der Waals surface area contributed by atoms with Crippen molar-refractivity contribution in [2.75, 3.05) is 0 Å². The van der Waals surface area contributed by atoms with Crippen molar-refractivity contribution in [2.24, 2.45) is 5.73 Å². The normalized spacial score (nSPS) is 15.1. The van der Waals surface area contributed by atoms with Crippen molar-refractivity contribution in [2.45, 2.75) is 128 Å². The molecule has 0 aliphatic rings. The van der Waals surface area contributed by atoms with Crippen LogP contribution in [0.2, 0.25) is 0 Å². The van der Waals surface area contributed by atoms with Crippen LogP contribution in [0.5, 0.6) is 0 Å². The predicted molar refractivity (Wildman–Crippen MR) is 106 cm³/mol. The molecule has 0 aromatic carbocycles. The molecule has 4 heteroatoms. The zero-order valence-electron chi connectivity index (χ0n) is 16.7. The van der Waals surface area contributed by atoms with E-state index in [4.69, 9.17) is 5.73 Å². The average Bonchev–Trinajstić information content (AvgIpc) is 2.59. The van der Waals surface area contributed by atoms with Crippen molar-refractivity contribution in [3.8, 4) is 0 Å². The Kier molecular flexibility index (Phi) is 16.7. The number of nitrogens with two attached hydrogens (primary N) is 1. The summed E-state index contributed by atoms with van der Waals surface area (Å²) in [6.45, 7) is 3.77. The molecule has 0 fully saturated rings. The largest absolute Gasteiger partial charge is 0.390 e. The number of hydrogen-bond donors (Lipinski definition) is 3. The first-order valence-electron chi connectivity index (χ1n) is 10.6. The maximum absolute atomic E-state index is 10.9. The van der Waals surface area contributed by atoms with E-state index in [0.717, 1.165) is 12.8 Å². The van der Waals surface area contributed by atoms with E-state index in [9.17, 15) is 15.0 Å². The van der Waals surface area contributed by atoms with Gasteiger partial charge in [-0.2, -0.15) is 0 Å². The van der Waals surface area contributed by atoms with Gasteiger partial charge in [0.05, 0.1) is 12.2 Å². The van der Waals surface area contributed by atoms with E-state index in [0.29, 0.717) is 19.3 Å². The van der Waals surface area contributed by atoms with Crippen LogP contribution in [0.15, 0.2) is 0 Å². The first-order valence-corrected chi connectivity index (χ1v) is 10.6. The Balaban J connectivity index is 3.44. The topological polar surface area (TPSA) is 83.6 Å². The standard InChI is InChI=1S/C21H43NO3/c1-3-4-5-6-7-8-9-10-11-12-13-14-15-20(24)21(25)19(22)17-16-18(2)23/h19-21,24-25H,3-17,22H2,1-2H3/t19-,20+,21-/m0/s1. The van der Waals surface area contributed by atoms with Crippen LogP contribution in [-0.2, 0) is 4.79 Å². The molecule has 4 N–H and O–H groups in total. The van der Waals surface area contributed by atoms with E-state index < -0.39 is 18.2 Å². The lowest BCUT2D eigenvalue weighted by molar-refractivity contribution is -0.117. The van der Waals surface area contributed by atoms with E-state index in [1.165, 1.54) is 71.1 Å². The number of ketones is 1. The van der Waals surface area contributed by atoms with Crippen LogP contribution in [-0.4, -0.2) is 34.2 Å². The minimum absolute atomic E-state index is 0.0677. The molecular formula is C21H43NO3. The molecule has 0 bridgehead atoms. The molecule has 0 aliphatic heterocycles. The Morgan fingerprint density at radius 3 is 1.68 bits per heavy atom. The van der Waals surface area contributed by atoms with Crippen molar-refractivity contribution < 1.29 is 15.0 Å². The van der Waals surface area contributed by atoms with Gasteiger partial charge >= 0.3 is 0 Å². The lowest BCUT2D eigenvalue weighted by atomic mass is 9.96. The maximum atomic E-state index is 10.9. The van der Waals surface area contributed by atoms with Gasteiger partial charge in [0, 0.05) is 12.5 Å². The quantitative estimate of drug-likeness (QED) is 0.315. The fraction of sp³-hybridized carbons (Fsp3) is 0.952. The van der Waals surface area contributed by atoms with E-state index in [1.54, 1.807) is 0 Å². The van der Waals surface area contributed by atoms with Gasteiger partial charge in [-0.3, -0.25) is 0 Å². The molecule has 4 nitrogen and oxygen atoms in total. The van der Waals surface area contributed by atoms with Crippen molar-refractivity contribution in [1.82, 2.24) is 0 Å². The van der Waals surface area contributed by atoms with E-state index >= 15 is 0 Å². The van der Waals surface area contributed by atoms with E-state index in [1.807, 2.05) is 0 Å². The van der Waals surface area contributed by atoms with Crippen molar-refractivity contribution in [3.63, 3.8) is 0 Å². The zero-order valence-corrected chi connectivity index (χ0v) is 16.7. The minimum atomic E-state index is -0.924. The van der Waals surface area contributed by atoms with Gasteiger partial charge in [-0.15, -0.1) is 0 Å². The highest BCUT2D eigenvalue weighted by atomic mass is 16.3. The predicted octanol–water partition coefficient (Wildman–Crippen LogP) is 4.50. The molecule has 0 rings (SSSR count). The molecule has 3 atom stereocenters. The van der Waals surface area contributed by atoms with E-state index in [2.05, 4.69) is 6.92 Å². The summed E-state index contributed by atoms with van der Waals surface area (Å²) in [6.07, 6.45) is 15.1. The lowest BCUT2D eigenvalue weighted by Gasteiger charge is -2.23. The van der Waals surface area contributed by atoms with Crippen LogP contribution >= 0.6 is 0 Å². The van der Waals surface area contributed by atoms with Crippen LogP contribution in [0.1, 0.15) is 110 Å². The minimum Gasteiger partial charge on any atom is -0.390 e. The van der Waals surface area contributed by atoms with Crippen molar-refractivity contribution in [3.05, 3.63) is 0 Å². The Labute approximate surface area is 155 Å². The summed E-state index contributed by atoms with van der Waals surface area (Å²) in [5, 5.41) is 20.0. The number of rotatable bonds is 18. The number of aliphatic hydroxyl groups excluding tert-OH is 2. The van der Waals surface area contributed by atoms with E-state index in [-0.39, 0.29) is 5.78 Å². The Hall–Kier alpha value is -0.450. The lowest BCUT2D eigenvalue weighted by Crippen LogP contribution is -2.43. The maximum Gasteiger partial charge on any atom is 0.129 e. The van der Waals surface area contributed by atoms with Crippen LogP contribution in [0.3, 0.4) is 0 Å². The van der Waals surface area contributed by atoms with Crippen molar-refractivity contribution in [1.29, 1.82) is 0 Å². The van der Waals surface area contributed by atoms with Crippen LogP contribution < -0.4 is 5.73 Å². The molecule has 0 aromatic heterocycles. The number of carbonyl (C=O) groups excluding carboxylic acids is 1. The molecule has 0 saturated carbocycles. The molecule has 0 heterocycles. The average molecular weight is 358 g/mol. The third-order valence-electron chi connectivity index (χ3n) is 5.02. The third kappa shape index (κ3) is 15.5. The second kappa shape index (κ2) is 17.0. The molecular weight excluding hydrogens is 314 g/mol. The molecule has 0 unspecified atom stereocenters. The SMILES string of the molecule is CCCCCCCCCCCCCC[C@@H](O)[C@@H](O)[C@@H](N)CCC(C)=O. The summed E-state index contributed by atoms with van der Waals surface area (Å²) < 4.78 is 0. The molecule has 0 aromatic rings. The summed E-state index contributed by atoms with van der Waals surface area (Å²) >= 11 is 0. The summed E-state index contributed by atoms with van der Waals surface area (Å²) in [4.78, 5) is 10.9. The fourth-order valence-electron chi connectivity index (χ4n) is 3.19. The Morgan fingerprint density at radius 2 is 1.24 bits per heavy atom. The highest BCUT2D eigenvalue weighted by Gasteiger charge is 2.22. The molecule has 0 aliphatic carbocycles. The zero-order chi connectivity index (χ0) is 18.9. The number of aliphatic hydroxyl groups is 2. The highest BCUT2D eigenvalue weighted by Crippen LogP contribution is 2.15. The second-order valence-corrected chi connectivity index (χ2v) is 7.64. The van der Waals surface area contributed by atoms with Gasteiger partial charge < -0.3 is 20.7 Å². The highest BCUT2D eigenvalue weighted by molar-refractivity contribution is 5.75. The van der Waals surface area contributed by atoms with Gasteiger partial charge in [-0.1, -0.05) is 84.0 Å². The number of carbonyl (C=O) groups is 1. The van der Waals surface area contributed by atoms with Crippen LogP contribution in [0, 0.1) is 0 Å². The van der Waals surface area contributed by atoms with Gasteiger partial charge in [0.15, 0.2) is 0 Å². The Bertz CT molecular complexity index is 310. The van der Waals surface area contributed by atoms with Gasteiger partial charge in [0.2, 0.25) is 0 Å². The monoisotopic (exact) mass is 357 g/mol. The number of unbranched alkanes of at least 4 members (excludes halogenated alkanes) is 11. The molecule has 0 amide bonds. The fourth-order valence-corrected chi connectivity index (χ4v) is 3.19. The second-order valence-electron chi connectivity index (χ2n) is 7.64. The third-order valence-corrected chi connectivity index (χ3v) is 5.02. The smallest absolute Gasteiger partial charge is 0.129 e. The molecule has 25 heavy (non-hydrogen) atoms. The number of Topliss-reactive ketones (excluding diaryl/α,β-unsaturated/α-hetero) is 1. The molecule has 0 spiro atoms. The molecule has 0 radical (unpaired) electrons.